The Labute approximate surface area is 170 Å². The van der Waals surface area contributed by atoms with Gasteiger partial charge in [0.05, 0.1) is 11.6 Å². The van der Waals surface area contributed by atoms with E-state index in [0.717, 1.165) is 4.47 Å². The Kier molecular flexibility index (Phi) is 4.79. The van der Waals surface area contributed by atoms with Crippen molar-refractivity contribution < 1.29 is 14.7 Å². The molecule has 5 nitrogen and oxygen atoms in total. The third-order valence-corrected chi connectivity index (χ3v) is 5.10. The zero-order valence-corrected chi connectivity index (χ0v) is 16.2. The fourth-order valence-electron chi connectivity index (χ4n) is 3.28. The van der Waals surface area contributed by atoms with E-state index in [0.29, 0.717) is 16.9 Å². The van der Waals surface area contributed by atoms with Crippen LogP contribution >= 0.6 is 15.9 Å². The van der Waals surface area contributed by atoms with E-state index in [9.17, 15) is 14.7 Å². The molecular weight excluding hydrogens is 420 g/mol. The number of rotatable bonds is 3. The summed E-state index contributed by atoms with van der Waals surface area (Å²) in [7, 11) is 0. The molecule has 0 radical (unpaired) electrons. The second-order valence-corrected chi connectivity index (χ2v) is 7.19. The quantitative estimate of drug-likeness (QED) is 0.375. The van der Waals surface area contributed by atoms with Crippen LogP contribution < -0.4 is 4.90 Å². The normalized spacial score (nSPS) is 18.5. The van der Waals surface area contributed by atoms with E-state index in [1.54, 1.807) is 48.7 Å². The van der Waals surface area contributed by atoms with Crippen molar-refractivity contribution in [3.05, 3.63) is 100 Å². The molecule has 2 heterocycles. The molecule has 1 aliphatic rings. The van der Waals surface area contributed by atoms with Crippen molar-refractivity contribution in [1.82, 2.24) is 4.98 Å². The lowest BCUT2D eigenvalue weighted by Crippen LogP contribution is -2.30. The number of halogens is 1. The Morgan fingerprint density at radius 2 is 1.61 bits per heavy atom. The first-order valence-corrected chi connectivity index (χ1v) is 9.40. The molecule has 28 heavy (non-hydrogen) atoms. The Bertz CT molecular complexity index is 1060. The van der Waals surface area contributed by atoms with E-state index in [1.165, 1.54) is 4.90 Å². The fraction of sp³-hybridized carbons (Fsp3) is 0.0455. The summed E-state index contributed by atoms with van der Waals surface area (Å²) in [4.78, 5) is 31.4. The number of ketones is 1. The maximum absolute atomic E-state index is 12.9. The van der Waals surface area contributed by atoms with Gasteiger partial charge >= 0.3 is 5.91 Å². The average Bonchev–Trinajstić information content (AvgIpc) is 3.00. The summed E-state index contributed by atoms with van der Waals surface area (Å²) in [5.74, 6) is -1.31. The molecule has 1 saturated heterocycles. The van der Waals surface area contributed by atoms with Gasteiger partial charge in [-0.3, -0.25) is 14.5 Å². The van der Waals surface area contributed by atoms with E-state index in [4.69, 9.17) is 0 Å². The third kappa shape index (κ3) is 3.12. The topological polar surface area (TPSA) is 70.5 Å². The molecule has 2 aromatic carbocycles. The molecule has 0 spiro atoms. The summed E-state index contributed by atoms with van der Waals surface area (Å²) in [6, 6.07) is 20.4. The van der Waals surface area contributed by atoms with Crippen molar-refractivity contribution in [2.75, 3.05) is 4.90 Å². The molecule has 0 saturated carbocycles. The zero-order chi connectivity index (χ0) is 19.7. The van der Waals surface area contributed by atoms with Crippen LogP contribution in [-0.4, -0.2) is 21.8 Å². The van der Waals surface area contributed by atoms with Gasteiger partial charge in [0.25, 0.3) is 5.78 Å². The number of amides is 1. The molecule has 1 atom stereocenters. The smallest absolute Gasteiger partial charge is 0.301 e. The van der Waals surface area contributed by atoms with Crippen LogP contribution in [0.4, 0.5) is 5.82 Å². The molecule has 1 amide bonds. The lowest BCUT2D eigenvalue weighted by atomic mass is 9.95. The molecule has 0 unspecified atom stereocenters. The average molecular weight is 435 g/mol. The second kappa shape index (κ2) is 7.40. The highest BCUT2D eigenvalue weighted by atomic mass is 79.9. The van der Waals surface area contributed by atoms with Crippen molar-refractivity contribution in [2.45, 2.75) is 6.04 Å². The summed E-state index contributed by atoms with van der Waals surface area (Å²) in [5, 5.41) is 10.9. The van der Waals surface area contributed by atoms with Crippen LogP contribution in [0.2, 0.25) is 0 Å². The molecule has 1 aromatic heterocycles. The number of pyridine rings is 1. The van der Waals surface area contributed by atoms with Gasteiger partial charge in [-0.2, -0.15) is 0 Å². The highest BCUT2D eigenvalue weighted by Crippen LogP contribution is 2.41. The van der Waals surface area contributed by atoms with Gasteiger partial charge < -0.3 is 5.11 Å². The minimum Gasteiger partial charge on any atom is -0.507 e. The number of benzene rings is 2. The SMILES string of the molecule is O=C1C(=O)N(c2ccccn2)[C@H](c2ccc(Br)cc2)/C1=C(\O)c1ccccc1. The number of anilines is 1. The Morgan fingerprint density at radius 3 is 2.25 bits per heavy atom. The fourth-order valence-corrected chi connectivity index (χ4v) is 3.54. The first kappa shape index (κ1) is 18.1. The van der Waals surface area contributed by atoms with E-state index in [-0.39, 0.29) is 11.3 Å². The van der Waals surface area contributed by atoms with Crippen LogP contribution in [0.5, 0.6) is 0 Å². The van der Waals surface area contributed by atoms with E-state index >= 15 is 0 Å². The van der Waals surface area contributed by atoms with Gasteiger partial charge in [-0.1, -0.05) is 64.5 Å². The van der Waals surface area contributed by atoms with Crippen molar-refractivity contribution in [3.63, 3.8) is 0 Å². The number of carbonyl (C=O) groups excluding carboxylic acids is 2. The number of aliphatic hydroxyl groups excluding tert-OH is 1. The minimum atomic E-state index is -0.775. The summed E-state index contributed by atoms with van der Waals surface area (Å²) >= 11 is 3.40. The maximum Gasteiger partial charge on any atom is 0.301 e. The minimum absolute atomic E-state index is 0.0455. The Balaban J connectivity index is 1.95. The number of aromatic nitrogens is 1. The highest BCUT2D eigenvalue weighted by Gasteiger charge is 2.47. The van der Waals surface area contributed by atoms with Crippen LogP contribution in [0.15, 0.2) is 89.0 Å². The number of hydrogen-bond acceptors (Lipinski definition) is 4. The Morgan fingerprint density at radius 1 is 0.929 bits per heavy atom. The van der Waals surface area contributed by atoms with Crippen LogP contribution in [0.25, 0.3) is 5.76 Å². The molecule has 4 rings (SSSR count). The summed E-state index contributed by atoms with van der Waals surface area (Å²) in [5.41, 5.74) is 1.22. The van der Waals surface area contributed by atoms with Gasteiger partial charge in [0.15, 0.2) is 0 Å². The van der Waals surface area contributed by atoms with Crippen LogP contribution in [0.1, 0.15) is 17.2 Å². The lowest BCUT2D eigenvalue weighted by Gasteiger charge is -2.24. The molecular formula is C22H15BrN2O3. The molecule has 1 aliphatic heterocycles. The van der Waals surface area contributed by atoms with E-state index < -0.39 is 17.7 Å². The van der Waals surface area contributed by atoms with Crippen molar-refractivity contribution >= 4 is 39.2 Å². The highest BCUT2D eigenvalue weighted by molar-refractivity contribution is 9.10. The first-order chi connectivity index (χ1) is 13.6. The second-order valence-electron chi connectivity index (χ2n) is 6.27. The van der Waals surface area contributed by atoms with Crippen molar-refractivity contribution in [2.24, 2.45) is 0 Å². The van der Waals surface area contributed by atoms with E-state index in [1.807, 2.05) is 30.3 Å². The predicted molar refractivity (Wildman–Crippen MR) is 110 cm³/mol. The molecule has 6 heteroatoms. The third-order valence-electron chi connectivity index (χ3n) is 4.57. The number of aliphatic hydroxyl groups is 1. The predicted octanol–water partition coefficient (Wildman–Crippen LogP) is 4.47. The van der Waals surface area contributed by atoms with E-state index in [2.05, 4.69) is 20.9 Å². The van der Waals surface area contributed by atoms with Gasteiger partial charge in [-0.25, -0.2) is 4.98 Å². The summed E-state index contributed by atoms with van der Waals surface area (Å²) < 4.78 is 0.870. The number of hydrogen-bond donors (Lipinski definition) is 1. The number of nitrogens with zero attached hydrogens (tertiary/aromatic N) is 2. The number of carbonyl (C=O) groups is 2. The molecule has 1 N–H and O–H groups in total. The molecule has 0 aliphatic carbocycles. The lowest BCUT2D eigenvalue weighted by molar-refractivity contribution is -0.132. The maximum atomic E-state index is 12.9. The van der Waals surface area contributed by atoms with Gasteiger partial charge in [0, 0.05) is 16.2 Å². The van der Waals surface area contributed by atoms with Gasteiger partial charge in [0.1, 0.15) is 11.6 Å². The standard InChI is InChI=1S/C22H15BrN2O3/c23-16-11-9-14(10-12-16)19-18(20(26)15-6-2-1-3-7-15)21(27)22(28)25(19)17-8-4-5-13-24-17/h1-13,19,26H/b20-18+/t19-/m1/s1. The molecule has 138 valence electrons. The van der Waals surface area contributed by atoms with Crippen molar-refractivity contribution in [1.29, 1.82) is 0 Å². The van der Waals surface area contributed by atoms with Gasteiger partial charge in [-0.05, 0) is 29.8 Å². The van der Waals surface area contributed by atoms with Gasteiger partial charge in [0.2, 0.25) is 0 Å². The monoisotopic (exact) mass is 434 g/mol. The Hall–Kier alpha value is -3.25. The molecule has 1 fully saturated rings. The molecule has 3 aromatic rings. The zero-order valence-electron chi connectivity index (χ0n) is 14.6. The number of Topliss-reactive ketones (excluding diaryl/α,β-unsaturated/α-hetero) is 1. The summed E-state index contributed by atoms with van der Waals surface area (Å²) in [6.45, 7) is 0. The molecule has 0 bridgehead atoms. The van der Waals surface area contributed by atoms with Crippen LogP contribution in [-0.2, 0) is 9.59 Å². The van der Waals surface area contributed by atoms with Crippen LogP contribution in [0.3, 0.4) is 0 Å². The first-order valence-electron chi connectivity index (χ1n) is 8.61. The van der Waals surface area contributed by atoms with Crippen molar-refractivity contribution in [3.8, 4) is 0 Å². The summed E-state index contributed by atoms with van der Waals surface area (Å²) in [6.07, 6.45) is 1.56. The largest absolute Gasteiger partial charge is 0.507 e. The van der Waals surface area contributed by atoms with Gasteiger partial charge in [-0.15, -0.1) is 0 Å². The van der Waals surface area contributed by atoms with Crippen LogP contribution in [0, 0.1) is 0 Å².